The van der Waals surface area contributed by atoms with E-state index in [2.05, 4.69) is 15.2 Å². The maximum Gasteiger partial charge on any atom is 0.158 e. The van der Waals surface area contributed by atoms with Crippen LogP contribution in [-0.4, -0.2) is 15.2 Å². The van der Waals surface area contributed by atoms with Crippen molar-refractivity contribution in [2.75, 3.05) is 0 Å². The first-order valence-electron chi connectivity index (χ1n) is 3.58. The Bertz CT molecular complexity index is 411. The molecular weight excluding hydrogens is 176 g/mol. The summed E-state index contributed by atoms with van der Waals surface area (Å²) in [7, 11) is 0. The highest BCUT2D eigenvalue weighted by molar-refractivity contribution is 5.54. The fraction of sp³-hybridized carbons (Fsp3) is 0. The lowest BCUT2D eigenvalue weighted by molar-refractivity contribution is 0.602. The highest BCUT2D eigenvalue weighted by atomic mass is 19.1. The molecule has 0 aliphatic heterocycles. The van der Waals surface area contributed by atoms with Gasteiger partial charge in [0.05, 0.1) is 5.56 Å². The minimum Gasteiger partial charge on any atom is -0.259 e. The summed E-state index contributed by atoms with van der Waals surface area (Å²) in [6, 6.07) is 3.16. The summed E-state index contributed by atoms with van der Waals surface area (Å²) in [4.78, 5) is 3.72. The number of benzene rings is 1. The summed E-state index contributed by atoms with van der Waals surface area (Å²) >= 11 is 0. The monoisotopic (exact) mass is 181 g/mol. The highest BCUT2D eigenvalue weighted by Crippen LogP contribution is 2.18. The Balaban J connectivity index is 2.57. The van der Waals surface area contributed by atoms with E-state index >= 15 is 0 Å². The molecular formula is C8H5F2N3. The zero-order valence-corrected chi connectivity index (χ0v) is 6.46. The minimum absolute atomic E-state index is 0.0810. The van der Waals surface area contributed by atoms with Crippen LogP contribution in [-0.2, 0) is 0 Å². The van der Waals surface area contributed by atoms with E-state index in [1.165, 1.54) is 6.33 Å². The molecule has 0 fully saturated rings. The minimum atomic E-state index is -0.529. The maximum atomic E-state index is 13.1. The smallest absolute Gasteiger partial charge is 0.158 e. The molecule has 0 atom stereocenters. The lowest BCUT2D eigenvalue weighted by Crippen LogP contribution is -1.88. The molecule has 0 aliphatic carbocycles. The van der Waals surface area contributed by atoms with Crippen LogP contribution in [0, 0.1) is 11.6 Å². The number of rotatable bonds is 1. The lowest BCUT2D eigenvalue weighted by Gasteiger charge is -1.97. The first-order chi connectivity index (χ1) is 6.27. The molecule has 0 saturated heterocycles. The van der Waals surface area contributed by atoms with Gasteiger partial charge >= 0.3 is 0 Å². The van der Waals surface area contributed by atoms with Crippen LogP contribution in [0.2, 0.25) is 0 Å². The Morgan fingerprint density at radius 1 is 1.23 bits per heavy atom. The molecule has 1 N–H and O–H groups in total. The molecule has 2 rings (SSSR count). The Kier molecular flexibility index (Phi) is 1.77. The molecule has 13 heavy (non-hydrogen) atoms. The van der Waals surface area contributed by atoms with Gasteiger partial charge in [-0.15, -0.1) is 0 Å². The molecule has 0 amide bonds. The van der Waals surface area contributed by atoms with Crippen LogP contribution in [0.3, 0.4) is 0 Å². The number of hydrogen-bond donors (Lipinski definition) is 1. The van der Waals surface area contributed by atoms with Crippen molar-refractivity contribution in [1.29, 1.82) is 0 Å². The van der Waals surface area contributed by atoms with Crippen molar-refractivity contribution in [3.8, 4) is 11.4 Å². The quantitative estimate of drug-likeness (QED) is 0.728. The molecule has 5 heteroatoms. The second-order valence-corrected chi connectivity index (χ2v) is 2.46. The van der Waals surface area contributed by atoms with E-state index in [9.17, 15) is 8.78 Å². The van der Waals surface area contributed by atoms with Crippen LogP contribution in [0.5, 0.6) is 0 Å². The van der Waals surface area contributed by atoms with Crippen LogP contribution < -0.4 is 0 Å². The van der Waals surface area contributed by atoms with Crippen molar-refractivity contribution in [1.82, 2.24) is 15.2 Å². The molecule has 0 unspecified atom stereocenters. The lowest BCUT2D eigenvalue weighted by atomic mass is 10.2. The summed E-state index contributed by atoms with van der Waals surface area (Å²) in [5.41, 5.74) is 0.0810. The number of nitrogens with one attached hydrogen (secondary N) is 1. The summed E-state index contributed by atoms with van der Waals surface area (Å²) < 4.78 is 25.8. The number of aromatic amines is 1. The zero-order valence-electron chi connectivity index (χ0n) is 6.46. The van der Waals surface area contributed by atoms with E-state index in [1.807, 2.05) is 0 Å². The Morgan fingerprint density at radius 2 is 2.08 bits per heavy atom. The third kappa shape index (κ3) is 1.40. The number of H-pyrrole nitrogens is 1. The largest absolute Gasteiger partial charge is 0.259 e. The van der Waals surface area contributed by atoms with Crippen LogP contribution in [0.25, 0.3) is 11.4 Å². The SMILES string of the molecule is Fc1ccc(F)c(-c2ncn[nH]2)c1. The summed E-state index contributed by atoms with van der Waals surface area (Å²) in [6.45, 7) is 0. The molecule has 0 aliphatic rings. The van der Waals surface area contributed by atoms with E-state index in [4.69, 9.17) is 0 Å². The van der Waals surface area contributed by atoms with Gasteiger partial charge in [0.1, 0.15) is 18.0 Å². The van der Waals surface area contributed by atoms with Crippen molar-refractivity contribution < 1.29 is 8.78 Å². The van der Waals surface area contributed by atoms with Crippen molar-refractivity contribution in [2.24, 2.45) is 0 Å². The van der Waals surface area contributed by atoms with Gasteiger partial charge in [-0.25, -0.2) is 13.8 Å². The normalized spacial score (nSPS) is 10.3. The second-order valence-electron chi connectivity index (χ2n) is 2.46. The van der Waals surface area contributed by atoms with Gasteiger partial charge in [-0.3, -0.25) is 5.10 Å². The fourth-order valence-electron chi connectivity index (χ4n) is 1.01. The van der Waals surface area contributed by atoms with Crippen molar-refractivity contribution >= 4 is 0 Å². The molecule has 66 valence electrons. The van der Waals surface area contributed by atoms with E-state index < -0.39 is 11.6 Å². The van der Waals surface area contributed by atoms with Crippen molar-refractivity contribution in [3.05, 3.63) is 36.2 Å². The summed E-state index contributed by atoms with van der Waals surface area (Å²) in [5, 5.41) is 6.00. The molecule has 1 aromatic carbocycles. The summed E-state index contributed by atoms with van der Waals surface area (Å²) in [5.74, 6) is -0.817. The van der Waals surface area contributed by atoms with Crippen molar-refractivity contribution in [2.45, 2.75) is 0 Å². The molecule has 2 aromatic rings. The molecule has 0 radical (unpaired) electrons. The van der Waals surface area contributed by atoms with E-state index in [0.717, 1.165) is 18.2 Å². The highest BCUT2D eigenvalue weighted by Gasteiger charge is 2.08. The Hall–Kier alpha value is -1.78. The van der Waals surface area contributed by atoms with Crippen LogP contribution in [0.4, 0.5) is 8.78 Å². The summed E-state index contributed by atoms with van der Waals surface area (Å²) in [6.07, 6.45) is 1.24. The van der Waals surface area contributed by atoms with Crippen LogP contribution in [0.1, 0.15) is 0 Å². The van der Waals surface area contributed by atoms with E-state index in [-0.39, 0.29) is 11.4 Å². The predicted molar refractivity (Wildman–Crippen MR) is 41.7 cm³/mol. The first kappa shape index (κ1) is 7.85. The average Bonchev–Trinajstić information content (AvgIpc) is 2.61. The van der Waals surface area contributed by atoms with Gasteiger partial charge in [-0.1, -0.05) is 0 Å². The molecule has 0 bridgehead atoms. The maximum absolute atomic E-state index is 13.1. The Labute approximate surface area is 72.4 Å². The second kappa shape index (κ2) is 2.93. The third-order valence-electron chi connectivity index (χ3n) is 1.60. The van der Waals surface area contributed by atoms with Crippen LogP contribution in [0.15, 0.2) is 24.5 Å². The van der Waals surface area contributed by atoms with Gasteiger partial charge in [0, 0.05) is 0 Å². The predicted octanol–water partition coefficient (Wildman–Crippen LogP) is 1.75. The zero-order chi connectivity index (χ0) is 9.26. The molecule has 1 aromatic heterocycles. The molecule has 3 nitrogen and oxygen atoms in total. The standard InChI is InChI=1S/C8H5F2N3/c9-5-1-2-7(10)6(3-5)8-11-4-12-13-8/h1-4H,(H,11,12,13). The van der Waals surface area contributed by atoms with E-state index in [1.54, 1.807) is 0 Å². The Morgan fingerprint density at radius 3 is 2.77 bits per heavy atom. The fourth-order valence-corrected chi connectivity index (χ4v) is 1.01. The topological polar surface area (TPSA) is 41.6 Å². The number of hydrogen-bond acceptors (Lipinski definition) is 2. The van der Waals surface area contributed by atoms with Crippen LogP contribution >= 0.6 is 0 Å². The average molecular weight is 181 g/mol. The van der Waals surface area contributed by atoms with Gasteiger partial charge < -0.3 is 0 Å². The number of halogens is 2. The third-order valence-corrected chi connectivity index (χ3v) is 1.60. The molecule has 0 spiro atoms. The number of aromatic nitrogens is 3. The van der Waals surface area contributed by atoms with Gasteiger partial charge in [-0.2, -0.15) is 5.10 Å². The molecule has 1 heterocycles. The van der Waals surface area contributed by atoms with Gasteiger partial charge in [0.15, 0.2) is 5.82 Å². The van der Waals surface area contributed by atoms with Crippen molar-refractivity contribution in [3.63, 3.8) is 0 Å². The number of nitrogens with zero attached hydrogens (tertiary/aromatic N) is 2. The van der Waals surface area contributed by atoms with Gasteiger partial charge in [0.2, 0.25) is 0 Å². The first-order valence-corrected chi connectivity index (χ1v) is 3.58. The van der Waals surface area contributed by atoms with Gasteiger partial charge in [0.25, 0.3) is 0 Å². The van der Waals surface area contributed by atoms with Gasteiger partial charge in [-0.05, 0) is 18.2 Å². The molecule has 0 saturated carbocycles. The van der Waals surface area contributed by atoms with E-state index in [0.29, 0.717) is 0 Å².